The van der Waals surface area contributed by atoms with E-state index < -0.39 is 6.04 Å². The first-order valence-corrected chi connectivity index (χ1v) is 10.6. The summed E-state index contributed by atoms with van der Waals surface area (Å²) < 4.78 is 8.65. The second-order valence-corrected chi connectivity index (χ2v) is 7.94. The number of hydrogen-bond acceptors (Lipinski definition) is 6. The van der Waals surface area contributed by atoms with Crippen LogP contribution >= 0.6 is 11.6 Å². The van der Waals surface area contributed by atoms with Crippen molar-refractivity contribution >= 4 is 23.0 Å². The Morgan fingerprint density at radius 2 is 2.03 bits per heavy atom. The summed E-state index contributed by atoms with van der Waals surface area (Å²) in [6.07, 6.45) is 5.47. The zero-order chi connectivity index (χ0) is 23.5. The molecule has 4 aromatic rings. The van der Waals surface area contributed by atoms with Gasteiger partial charge >= 0.3 is 0 Å². The Kier molecular flexibility index (Phi) is 6.24. The number of pyridine rings is 2. The minimum atomic E-state index is -0.674. The van der Waals surface area contributed by atoms with E-state index in [0.717, 1.165) is 5.56 Å². The predicted octanol–water partition coefficient (Wildman–Crippen LogP) is 3.85. The van der Waals surface area contributed by atoms with Crippen molar-refractivity contribution in [2.75, 3.05) is 7.11 Å². The normalized spacial score (nSPS) is 11.8. The van der Waals surface area contributed by atoms with E-state index in [-0.39, 0.29) is 17.8 Å². The molecule has 1 atom stereocenters. The van der Waals surface area contributed by atoms with Gasteiger partial charge in [-0.25, -0.2) is 0 Å². The monoisotopic (exact) mass is 461 g/mol. The van der Waals surface area contributed by atoms with Gasteiger partial charge in [0.1, 0.15) is 12.1 Å². The summed E-state index contributed by atoms with van der Waals surface area (Å²) in [6.45, 7) is 1.85. The maximum atomic E-state index is 13.2. The fraction of sp³-hybridized carbons (Fsp3) is 0.208. The third kappa shape index (κ3) is 4.36. The van der Waals surface area contributed by atoms with Crippen LogP contribution in [0.2, 0.25) is 5.02 Å². The van der Waals surface area contributed by atoms with E-state index in [1.54, 1.807) is 41.2 Å². The second-order valence-electron chi connectivity index (χ2n) is 7.50. The number of halogens is 1. The highest BCUT2D eigenvalue weighted by molar-refractivity contribution is 6.31. The van der Waals surface area contributed by atoms with Crippen molar-refractivity contribution in [2.24, 2.45) is 0 Å². The van der Waals surface area contributed by atoms with E-state index >= 15 is 0 Å². The van der Waals surface area contributed by atoms with Crippen LogP contribution in [0.4, 0.5) is 0 Å². The maximum Gasteiger partial charge on any atom is 0.252 e. The predicted molar refractivity (Wildman–Crippen MR) is 123 cm³/mol. The number of fused-ring (bicyclic) bond motifs is 1. The molecule has 3 heterocycles. The second kappa shape index (κ2) is 9.27. The SMILES string of the molecule is CCC(C(=O)Cc1ccc2nncn2c1)n1cc(OC)c(-c2cc(Cl)ccc2C#N)cc1=O. The third-order valence-corrected chi connectivity index (χ3v) is 5.72. The summed E-state index contributed by atoms with van der Waals surface area (Å²) >= 11 is 6.12. The third-order valence-electron chi connectivity index (χ3n) is 5.48. The van der Waals surface area contributed by atoms with Gasteiger partial charge in [0.25, 0.3) is 5.56 Å². The highest BCUT2D eigenvalue weighted by atomic mass is 35.5. The molecule has 1 aromatic carbocycles. The number of aromatic nitrogens is 4. The molecule has 0 amide bonds. The molecule has 0 radical (unpaired) electrons. The van der Waals surface area contributed by atoms with E-state index in [2.05, 4.69) is 16.3 Å². The van der Waals surface area contributed by atoms with Crippen LogP contribution in [-0.2, 0) is 11.2 Å². The first kappa shape index (κ1) is 22.2. The lowest BCUT2D eigenvalue weighted by Crippen LogP contribution is -2.30. The zero-order valence-corrected chi connectivity index (χ0v) is 18.8. The van der Waals surface area contributed by atoms with Crippen LogP contribution in [0.3, 0.4) is 0 Å². The lowest BCUT2D eigenvalue weighted by molar-refractivity contribution is -0.121. The number of Topliss-reactive ketones (excluding diaryl/α,β-unsaturated/α-hetero) is 1. The number of nitrogens with zero attached hydrogens (tertiary/aromatic N) is 5. The molecule has 33 heavy (non-hydrogen) atoms. The van der Waals surface area contributed by atoms with Crippen molar-refractivity contribution in [1.82, 2.24) is 19.2 Å². The number of methoxy groups -OCH3 is 1. The molecule has 0 saturated heterocycles. The van der Waals surface area contributed by atoms with Crippen LogP contribution in [0.1, 0.15) is 30.5 Å². The maximum absolute atomic E-state index is 13.2. The lowest BCUT2D eigenvalue weighted by Gasteiger charge is -2.20. The van der Waals surface area contributed by atoms with Gasteiger partial charge < -0.3 is 9.30 Å². The fourth-order valence-electron chi connectivity index (χ4n) is 3.86. The molecule has 8 nitrogen and oxygen atoms in total. The van der Waals surface area contributed by atoms with Gasteiger partial charge in [-0.05, 0) is 36.2 Å². The minimum absolute atomic E-state index is 0.109. The number of nitriles is 1. The molecule has 0 spiro atoms. The molecule has 9 heteroatoms. The van der Waals surface area contributed by atoms with Crippen LogP contribution in [0.25, 0.3) is 16.8 Å². The summed E-state index contributed by atoms with van der Waals surface area (Å²) in [5.74, 6) is 0.257. The molecule has 0 fully saturated rings. The van der Waals surface area contributed by atoms with Crippen molar-refractivity contribution in [3.8, 4) is 22.9 Å². The van der Waals surface area contributed by atoms with Gasteiger partial charge in [-0.3, -0.25) is 14.0 Å². The van der Waals surface area contributed by atoms with Crippen LogP contribution in [0.5, 0.6) is 5.75 Å². The molecule has 4 rings (SSSR count). The molecular weight excluding hydrogens is 442 g/mol. The van der Waals surface area contributed by atoms with Gasteiger partial charge in [0, 0.05) is 34.8 Å². The van der Waals surface area contributed by atoms with E-state index in [1.807, 2.05) is 13.0 Å². The molecule has 0 aliphatic rings. The topological polar surface area (TPSA) is 102 Å². The van der Waals surface area contributed by atoms with Crippen LogP contribution < -0.4 is 10.3 Å². The fourth-order valence-corrected chi connectivity index (χ4v) is 4.03. The summed E-state index contributed by atoms with van der Waals surface area (Å²) in [7, 11) is 1.47. The van der Waals surface area contributed by atoms with Gasteiger partial charge in [0.15, 0.2) is 11.4 Å². The Morgan fingerprint density at radius 3 is 2.76 bits per heavy atom. The van der Waals surface area contributed by atoms with Crippen LogP contribution in [0.15, 0.2) is 59.9 Å². The number of carbonyl (C=O) groups is 1. The number of hydrogen-bond donors (Lipinski definition) is 0. The van der Waals surface area contributed by atoms with Gasteiger partial charge in [-0.15, -0.1) is 10.2 Å². The van der Waals surface area contributed by atoms with Crippen molar-refractivity contribution in [3.05, 3.63) is 81.6 Å². The Balaban J connectivity index is 1.71. The number of benzene rings is 1. The van der Waals surface area contributed by atoms with Crippen molar-refractivity contribution < 1.29 is 9.53 Å². The van der Waals surface area contributed by atoms with Crippen LogP contribution in [-0.4, -0.2) is 32.1 Å². The summed E-state index contributed by atoms with van der Waals surface area (Å²) in [5, 5.41) is 17.7. The molecule has 1 unspecified atom stereocenters. The Bertz CT molecular complexity index is 1450. The largest absolute Gasteiger partial charge is 0.495 e. The quantitative estimate of drug-likeness (QED) is 0.414. The first-order chi connectivity index (χ1) is 15.9. The number of ether oxygens (including phenoxy) is 1. The molecule has 0 saturated carbocycles. The molecule has 0 bridgehead atoms. The molecule has 166 valence electrons. The van der Waals surface area contributed by atoms with Crippen molar-refractivity contribution in [1.29, 1.82) is 5.26 Å². The average molecular weight is 462 g/mol. The Hall–Kier alpha value is -3.96. The van der Waals surface area contributed by atoms with E-state index in [4.69, 9.17) is 16.3 Å². The number of carbonyl (C=O) groups excluding carboxylic acids is 1. The lowest BCUT2D eigenvalue weighted by atomic mass is 9.99. The van der Waals surface area contributed by atoms with Gasteiger partial charge in [-0.2, -0.15) is 5.26 Å². The summed E-state index contributed by atoms with van der Waals surface area (Å²) in [6, 6.07) is 11.2. The summed E-state index contributed by atoms with van der Waals surface area (Å²) in [4.78, 5) is 26.3. The zero-order valence-electron chi connectivity index (χ0n) is 18.0. The Morgan fingerprint density at radius 1 is 1.21 bits per heavy atom. The van der Waals surface area contributed by atoms with Gasteiger partial charge in [-0.1, -0.05) is 24.6 Å². The molecule has 0 aliphatic carbocycles. The highest BCUT2D eigenvalue weighted by Gasteiger charge is 2.23. The van der Waals surface area contributed by atoms with E-state index in [0.29, 0.717) is 39.5 Å². The Labute approximate surface area is 194 Å². The van der Waals surface area contributed by atoms with Gasteiger partial charge in [0.2, 0.25) is 0 Å². The molecular formula is C24H20ClN5O3. The minimum Gasteiger partial charge on any atom is -0.495 e. The number of rotatable bonds is 7. The summed E-state index contributed by atoms with van der Waals surface area (Å²) in [5.41, 5.74) is 2.41. The smallest absolute Gasteiger partial charge is 0.252 e. The van der Waals surface area contributed by atoms with Crippen molar-refractivity contribution in [3.63, 3.8) is 0 Å². The molecule has 0 aliphatic heterocycles. The van der Waals surface area contributed by atoms with E-state index in [9.17, 15) is 14.9 Å². The molecule has 3 aromatic heterocycles. The average Bonchev–Trinajstić information content (AvgIpc) is 3.28. The number of ketones is 1. The first-order valence-electron chi connectivity index (χ1n) is 10.3. The van der Waals surface area contributed by atoms with Gasteiger partial charge in [0.05, 0.1) is 31.0 Å². The molecule has 0 N–H and O–H groups in total. The van der Waals surface area contributed by atoms with Crippen molar-refractivity contribution in [2.45, 2.75) is 25.8 Å². The van der Waals surface area contributed by atoms with E-state index in [1.165, 1.54) is 23.9 Å². The highest BCUT2D eigenvalue weighted by Crippen LogP contribution is 2.33. The van der Waals surface area contributed by atoms with Crippen LogP contribution in [0, 0.1) is 11.3 Å². The standard InChI is InChI=1S/C24H20ClN5O3/c1-3-20(21(31)8-15-4-7-23-28-27-14-29(23)12-15)30-13-22(33-2)19(10-24(30)32)18-9-17(25)6-5-16(18)11-26/h4-7,9-10,12-14,20H,3,8H2,1-2H3.